The van der Waals surface area contributed by atoms with E-state index in [1.165, 1.54) is 0 Å². The fraction of sp³-hybridized carbons (Fsp3) is 0.300. The predicted molar refractivity (Wildman–Crippen MR) is 66.2 cm³/mol. The number of alkyl halides is 2. The number of methoxy groups -OCH3 is 1. The molecule has 20 heavy (non-hydrogen) atoms. The van der Waals surface area contributed by atoms with Gasteiger partial charge in [0.15, 0.2) is 5.75 Å². The van der Waals surface area contributed by atoms with Gasteiger partial charge >= 0.3 is 5.97 Å². The first kappa shape index (κ1) is 16.6. The van der Waals surface area contributed by atoms with Gasteiger partial charge in [0.25, 0.3) is 6.43 Å². The van der Waals surface area contributed by atoms with E-state index in [0.29, 0.717) is 0 Å². The maximum atomic E-state index is 12.1. The number of carboxylic acid groups (broad SMARTS) is 1. The molecule has 0 atom stereocenters. The molecule has 0 unspecified atom stereocenters. The summed E-state index contributed by atoms with van der Waals surface area (Å²) in [5.41, 5.74) is -0.488. The van der Waals surface area contributed by atoms with Crippen LogP contribution in [0.4, 0.5) is 8.78 Å². The minimum atomic E-state index is -4.38. The molecule has 0 amide bonds. The highest BCUT2D eigenvalue weighted by Crippen LogP contribution is 2.31. The molecule has 0 aliphatic carbocycles. The van der Waals surface area contributed by atoms with Crippen LogP contribution in [-0.4, -0.2) is 39.6 Å². The number of nitrogens with one attached hydrogen (secondary N) is 1. The predicted octanol–water partition coefficient (Wildman–Crippen LogP) is 1.59. The van der Waals surface area contributed by atoms with Crippen LogP contribution in [0.2, 0.25) is 5.02 Å². The highest BCUT2D eigenvalue weighted by Gasteiger charge is 2.26. The van der Waals surface area contributed by atoms with E-state index in [0.717, 1.165) is 19.2 Å². The molecule has 2 N–H and O–H groups in total. The molecular weight excluding hydrogens is 320 g/mol. The van der Waals surface area contributed by atoms with Crippen molar-refractivity contribution in [3.05, 3.63) is 22.7 Å². The van der Waals surface area contributed by atoms with Crippen molar-refractivity contribution in [3.63, 3.8) is 0 Å². The Bertz CT molecular complexity index is 620. The van der Waals surface area contributed by atoms with Crippen molar-refractivity contribution in [2.75, 3.05) is 13.7 Å². The molecule has 112 valence electrons. The van der Waals surface area contributed by atoms with Crippen molar-refractivity contribution in [3.8, 4) is 5.75 Å². The smallest absolute Gasteiger partial charge is 0.339 e. The van der Waals surface area contributed by atoms with Gasteiger partial charge in [-0.05, 0) is 12.1 Å². The lowest BCUT2D eigenvalue weighted by Crippen LogP contribution is -2.29. The van der Waals surface area contributed by atoms with Crippen LogP contribution in [0.1, 0.15) is 10.4 Å². The lowest BCUT2D eigenvalue weighted by molar-refractivity contribution is 0.0692. The van der Waals surface area contributed by atoms with Crippen molar-refractivity contribution >= 4 is 27.6 Å². The molecule has 0 saturated heterocycles. The average molecular weight is 330 g/mol. The van der Waals surface area contributed by atoms with Crippen LogP contribution in [0.3, 0.4) is 0 Å². The number of carbonyl (C=O) groups is 1. The van der Waals surface area contributed by atoms with Crippen LogP contribution >= 0.6 is 11.6 Å². The Morgan fingerprint density at radius 3 is 2.55 bits per heavy atom. The van der Waals surface area contributed by atoms with Crippen molar-refractivity contribution < 1.29 is 31.8 Å². The van der Waals surface area contributed by atoms with Crippen LogP contribution in [0.25, 0.3) is 0 Å². The molecule has 1 rings (SSSR count). The number of sulfonamides is 1. The first-order valence-corrected chi connectivity index (χ1v) is 6.93. The largest absolute Gasteiger partial charge is 0.494 e. The molecule has 0 fully saturated rings. The second kappa shape index (κ2) is 6.33. The average Bonchev–Trinajstić information content (AvgIpc) is 2.35. The maximum Gasteiger partial charge on any atom is 0.339 e. The molecular formula is C10H10ClF2NO5S. The third-order valence-corrected chi connectivity index (χ3v) is 3.82. The second-order valence-electron chi connectivity index (χ2n) is 3.53. The molecule has 0 heterocycles. The molecule has 1 aromatic rings. The van der Waals surface area contributed by atoms with Gasteiger partial charge in [-0.25, -0.2) is 26.7 Å². The molecule has 0 aliphatic heterocycles. The summed E-state index contributed by atoms with van der Waals surface area (Å²) in [6, 6.07) is 1.91. The van der Waals surface area contributed by atoms with Crippen LogP contribution in [0.5, 0.6) is 5.75 Å². The van der Waals surface area contributed by atoms with Crippen LogP contribution in [0, 0.1) is 0 Å². The third kappa shape index (κ3) is 3.78. The Hall–Kier alpha value is -1.45. The van der Waals surface area contributed by atoms with Gasteiger partial charge in [0.05, 0.1) is 13.7 Å². The van der Waals surface area contributed by atoms with E-state index in [1.807, 2.05) is 0 Å². The normalized spacial score (nSPS) is 11.7. The van der Waals surface area contributed by atoms with Crippen molar-refractivity contribution in [1.82, 2.24) is 4.72 Å². The first-order valence-electron chi connectivity index (χ1n) is 5.07. The van der Waals surface area contributed by atoms with E-state index in [-0.39, 0.29) is 5.02 Å². The molecule has 0 bridgehead atoms. The summed E-state index contributed by atoms with van der Waals surface area (Å²) in [6.45, 7) is -1.11. The standard InChI is InChI=1S/C10H10ClF2NO5S/c1-19-9-6(10(15)16)2-5(11)3-7(9)20(17,18)14-4-8(12)13/h2-3,8,14H,4H2,1H3,(H,15,16). The van der Waals surface area contributed by atoms with Gasteiger partial charge < -0.3 is 9.84 Å². The lowest BCUT2D eigenvalue weighted by atomic mass is 10.2. The van der Waals surface area contributed by atoms with E-state index in [9.17, 15) is 22.0 Å². The van der Waals surface area contributed by atoms with Gasteiger partial charge in [-0.15, -0.1) is 0 Å². The van der Waals surface area contributed by atoms with Crippen molar-refractivity contribution in [2.24, 2.45) is 0 Å². The molecule has 1 aromatic carbocycles. The number of carboxylic acids is 1. The van der Waals surface area contributed by atoms with E-state index in [1.54, 1.807) is 4.72 Å². The monoisotopic (exact) mass is 329 g/mol. The third-order valence-electron chi connectivity index (χ3n) is 2.17. The van der Waals surface area contributed by atoms with E-state index in [4.69, 9.17) is 21.4 Å². The molecule has 6 nitrogen and oxygen atoms in total. The topological polar surface area (TPSA) is 92.7 Å². The van der Waals surface area contributed by atoms with E-state index < -0.39 is 45.2 Å². The highest BCUT2D eigenvalue weighted by atomic mass is 35.5. The quantitative estimate of drug-likeness (QED) is 0.826. The number of halogens is 3. The molecule has 0 aliphatic rings. The second-order valence-corrected chi connectivity index (χ2v) is 5.70. The number of benzene rings is 1. The highest BCUT2D eigenvalue weighted by molar-refractivity contribution is 7.89. The van der Waals surface area contributed by atoms with Crippen LogP contribution in [-0.2, 0) is 10.0 Å². The minimum Gasteiger partial charge on any atom is -0.494 e. The fourth-order valence-electron chi connectivity index (χ4n) is 1.39. The van der Waals surface area contributed by atoms with E-state index >= 15 is 0 Å². The maximum absolute atomic E-state index is 12.1. The van der Waals surface area contributed by atoms with Crippen LogP contribution < -0.4 is 9.46 Å². The molecule has 10 heteroatoms. The Morgan fingerprint density at radius 1 is 1.50 bits per heavy atom. The Balaban J connectivity index is 3.40. The van der Waals surface area contributed by atoms with Gasteiger partial charge in [-0.1, -0.05) is 11.6 Å². The van der Waals surface area contributed by atoms with Gasteiger partial charge in [-0.2, -0.15) is 0 Å². The van der Waals surface area contributed by atoms with Gasteiger partial charge in [0.1, 0.15) is 10.5 Å². The van der Waals surface area contributed by atoms with Gasteiger partial charge in [0.2, 0.25) is 10.0 Å². The SMILES string of the molecule is COc1c(C(=O)O)cc(Cl)cc1S(=O)(=O)NCC(F)F. The Kier molecular flexibility index (Phi) is 5.26. The lowest BCUT2D eigenvalue weighted by Gasteiger charge is -2.13. The zero-order valence-corrected chi connectivity index (χ0v) is 11.6. The summed E-state index contributed by atoms with van der Waals surface area (Å²) in [6.07, 6.45) is -2.89. The Labute approximate surface area is 118 Å². The minimum absolute atomic E-state index is 0.180. The molecule has 0 spiro atoms. The summed E-state index contributed by atoms with van der Waals surface area (Å²) < 4.78 is 54.3. The summed E-state index contributed by atoms with van der Waals surface area (Å²) in [5, 5.41) is 8.78. The Morgan fingerprint density at radius 2 is 2.10 bits per heavy atom. The zero-order chi connectivity index (χ0) is 15.5. The summed E-state index contributed by atoms with van der Waals surface area (Å²) in [7, 11) is -3.32. The van der Waals surface area contributed by atoms with E-state index in [2.05, 4.69) is 0 Å². The summed E-state index contributed by atoms with van der Waals surface area (Å²) in [4.78, 5) is 10.4. The van der Waals surface area contributed by atoms with Gasteiger partial charge in [-0.3, -0.25) is 0 Å². The van der Waals surface area contributed by atoms with Crippen molar-refractivity contribution in [2.45, 2.75) is 11.3 Å². The summed E-state index contributed by atoms with van der Waals surface area (Å²) in [5.74, 6) is -1.95. The number of hydrogen-bond donors (Lipinski definition) is 2. The molecule has 0 radical (unpaired) electrons. The zero-order valence-electron chi connectivity index (χ0n) is 10.1. The molecule has 0 aromatic heterocycles. The number of ether oxygens (including phenoxy) is 1. The first-order chi connectivity index (χ1) is 9.19. The van der Waals surface area contributed by atoms with Gasteiger partial charge in [0, 0.05) is 5.02 Å². The number of aromatic carboxylic acids is 1. The molecule has 0 saturated carbocycles. The van der Waals surface area contributed by atoms with Crippen LogP contribution in [0.15, 0.2) is 17.0 Å². The number of rotatable bonds is 6. The summed E-state index contributed by atoms with van der Waals surface area (Å²) >= 11 is 5.63. The number of hydrogen-bond acceptors (Lipinski definition) is 4. The fourth-order valence-corrected chi connectivity index (χ4v) is 2.89. The van der Waals surface area contributed by atoms with Crippen molar-refractivity contribution in [1.29, 1.82) is 0 Å².